The largest absolute Gasteiger partial charge is 0.479 e. The molecule has 0 bridgehead atoms. The molecule has 1 aliphatic rings. The van der Waals surface area contributed by atoms with Gasteiger partial charge in [-0.3, -0.25) is 4.79 Å². The van der Waals surface area contributed by atoms with Gasteiger partial charge >= 0.3 is 5.97 Å². The Labute approximate surface area is 143 Å². The molecule has 1 unspecified atom stereocenters. The van der Waals surface area contributed by atoms with E-state index in [1.165, 1.54) is 7.11 Å². The number of aryl methyl sites for hydroxylation is 1. The molecule has 2 rings (SSSR count). The fraction of sp³-hybridized carbons (Fsp3) is 0.579. The summed E-state index contributed by atoms with van der Waals surface area (Å²) in [5, 5.41) is 12.5. The number of ether oxygens (including phenoxy) is 1. The molecule has 5 heteroatoms. The zero-order valence-electron chi connectivity index (χ0n) is 14.5. The molecule has 0 aliphatic heterocycles. The van der Waals surface area contributed by atoms with E-state index in [4.69, 9.17) is 4.74 Å². The summed E-state index contributed by atoms with van der Waals surface area (Å²) < 4.78 is 5.27. The van der Waals surface area contributed by atoms with Gasteiger partial charge in [-0.2, -0.15) is 0 Å². The first-order chi connectivity index (χ1) is 11.5. The van der Waals surface area contributed by atoms with Crippen molar-refractivity contribution < 1.29 is 19.4 Å². The fourth-order valence-electron chi connectivity index (χ4n) is 3.87. The Balaban J connectivity index is 2.17. The number of benzene rings is 1. The van der Waals surface area contributed by atoms with Crippen LogP contribution in [-0.2, 0) is 20.7 Å². The van der Waals surface area contributed by atoms with Crippen LogP contribution >= 0.6 is 0 Å². The molecule has 1 amide bonds. The van der Waals surface area contributed by atoms with E-state index in [2.05, 4.69) is 5.32 Å². The van der Waals surface area contributed by atoms with Gasteiger partial charge in [0.05, 0.1) is 0 Å². The minimum absolute atomic E-state index is 0.138. The summed E-state index contributed by atoms with van der Waals surface area (Å²) in [6.07, 6.45) is 4.44. The number of nitrogens with one attached hydrogen (secondary N) is 1. The summed E-state index contributed by atoms with van der Waals surface area (Å²) >= 11 is 0. The van der Waals surface area contributed by atoms with Crippen LogP contribution < -0.4 is 5.32 Å². The molecule has 2 N–H and O–H groups in total. The number of carbonyl (C=O) groups is 2. The third-order valence-electron chi connectivity index (χ3n) is 5.05. The van der Waals surface area contributed by atoms with E-state index in [-0.39, 0.29) is 12.3 Å². The van der Waals surface area contributed by atoms with Gasteiger partial charge in [-0.05, 0) is 30.9 Å². The zero-order valence-corrected chi connectivity index (χ0v) is 14.5. The molecule has 1 aliphatic carbocycles. The second-order valence-corrected chi connectivity index (χ2v) is 6.61. The third-order valence-corrected chi connectivity index (χ3v) is 5.05. The number of carbonyl (C=O) groups excluding carboxylic acids is 1. The Morgan fingerprint density at radius 3 is 2.50 bits per heavy atom. The molecule has 1 saturated carbocycles. The van der Waals surface area contributed by atoms with Crippen molar-refractivity contribution in [1.82, 2.24) is 0 Å². The Kier molecular flexibility index (Phi) is 6.37. The average molecular weight is 333 g/mol. The highest BCUT2D eigenvalue weighted by molar-refractivity contribution is 5.92. The molecule has 1 aromatic carbocycles. The van der Waals surface area contributed by atoms with E-state index in [0.717, 1.165) is 36.9 Å². The summed E-state index contributed by atoms with van der Waals surface area (Å²) in [5.41, 5.74) is 1.26. The van der Waals surface area contributed by atoms with Gasteiger partial charge in [0.2, 0.25) is 5.91 Å². The number of rotatable bonds is 7. The molecule has 132 valence electrons. The summed E-state index contributed by atoms with van der Waals surface area (Å²) in [6, 6.07) is 7.71. The summed E-state index contributed by atoms with van der Waals surface area (Å²) in [4.78, 5) is 24.3. The van der Waals surface area contributed by atoms with Crippen LogP contribution in [0.4, 0.5) is 5.69 Å². The standard InChI is InChI=1S/C19H27NO4/c1-3-14-9-5-6-10-15(14)20-16(21)13-19(11-7-4-8-12-19)17(24-2)18(22)23/h5-6,9-10,17H,3-4,7-8,11-13H2,1-2H3,(H,20,21)(H,22,23). The molecule has 1 fully saturated rings. The van der Waals surface area contributed by atoms with Crippen LogP contribution in [0, 0.1) is 5.41 Å². The van der Waals surface area contributed by atoms with Crippen molar-refractivity contribution in [3.63, 3.8) is 0 Å². The molecular formula is C19H27NO4. The summed E-state index contributed by atoms with van der Waals surface area (Å²) in [5.74, 6) is -1.12. The number of anilines is 1. The predicted molar refractivity (Wildman–Crippen MR) is 93.0 cm³/mol. The Hall–Kier alpha value is -1.88. The third kappa shape index (κ3) is 4.15. The van der Waals surface area contributed by atoms with Crippen molar-refractivity contribution in [3.8, 4) is 0 Å². The Bertz CT molecular complexity index is 578. The van der Waals surface area contributed by atoms with Gasteiger partial charge < -0.3 is 15.2 Å². The van der Waals surface area contributed by atoms with E-state index >= 15 is 0 Å². The second kappa shape index (κ2) is 8.29. The minimum atomic E-state index is -0.985. The van der Waals surface area contributed by atoms with E-state index < -0.39 is 17.5 Å². The topological polar surface area (TPSA) is 75.6 Å². The van der Waals surface area contributed by atoms with Gasteiger partial charge in [-0.15, -0.1) is 0 Å². The van der Waals surface area contributed by atoms with Gasteiger partial charge in [0.1, 0.15) is 0 Å². The number of hydrogen-bond donors (Lipinski definition) is 2. The highest BCUT2D eigenvalue weighted by Crippen LogP contribution is 2.43. The molecule has 0 spiro atoms. The number of aliphatic carboxylic acids is 1. The first kappa shape index (κ1) is 18.5. The van der Waals surface area contributed by atoms with Crippen molar-refractivity contribution >= 4 is 17.6 Å². The summed E-state index contributed by atoms with van der Waals surface area (Å²) in [7, 11) is 1.42. The number of amides is 1. The van der Waals surface area contributed by atoms with Crippen molar-refractivity contribution in [3.05, 3.63) is 29.8 Å². The Morgan fingerprint density at radius 1 is 1.25 bits per heavy atom. The van der Waals surface area contributed by atoms with Crippen molar-refractivity contribution in [2.45, 2.75) is 58.0 Å². The number of hydrogen-bond acceptors (Lipinski definition) is 3. The lowest BCUT2D eigenvalue weighted by Gasteiger charge is -2.40. The zero-order chi connectivity index (χ0) is 17.6. The molecular weight excluding hydrogens is 306 g/mol. The van der Waals surface area contributed by atoms with Gasteiger partial charge in [-0.1, -0.05) is 44.4 Å². The fourth-order valence-corrected chi connectivity index (χ4v) is 3.87. The van der Waals surface area contributed by atoms with Crippen LogP contribution in [0.2, 0.25) is 0 Å². The number of carboxylic acids is 1. The van der Waals surface area contributed by atoms with E-state index in [1.807, 2.05) is 31.2 Å². The van der Waals surface area contributed by atoms with Gasteiger partial charge in [0, 0.05) is 24.6 Å². The van der Waals surface area contributed by atoms with Crippen LogP contribution in [0.5, 0.6) is 0 Å². The molecule has 0 radical (unpaired) electrons. The highest BCUT2D eigenvalue weighted by atomic mass is 16.5. The highest BCUT2D eigenvalue weighted by Gasteiger charge is 2.45. The summed E-state index contributed by atoms with van der Waals surface area (Å²) in [6.45, 7) is 2.04. The van der Waals surface area contributed by atoms with Crippen molar-refractivity contribution in [1.29, 1.82) is 0 Å². The van der Waals surface area contributed by atoms with E-state index in [1.54, 1.807) is 0 Å². The van der Waals surface area contributed by atoms with E-state index in [9.17, 15) is 14.7 Å². The first-order valence-electron chi connectivity index (χ1n) is 8.66. The minimum Gasteiger partial charge on any atom is -0.479 e. The smallest absolute Gasteiger partial charge is 0.333 e. The van der Waals surface area contributed by atoms with Gasteiger partial charge in [0.15, 0.2) is 6.10 Å². The predicted octanol–water partition coefficient (Wildman–Crippen LogP) is 3.63. The molecule has 0 heterocycles. The van der Waals surface area contributed by atoms with Crippen molar-refractivity contribution in [2.75, 3.05) is 12.4 Å². The van der Waals surface area contributed by atoms with Crippen LogP contribution in [0.1, 0.15) is 51.0 Å². The maximum atomic E-state index is 12.6. The lowest BCUT2D eigenvalue weighted by Crippen LogP contribution is -2.45. The molecule has 1 aromatic rings. The monoisotopic (exact) mass is 333 g/mol. The van der Waals surface area contributed by atoms with Gasteiger partial charge in [-0.25, -0.2) is 4.79 Å². The molecule has 5 nitrogen and oxygen atoms in total. The van der Waals surface area contributed by atoms with Crippen molar-refractivity contribution in [2.24, 2.45) is 5.41 Å². The van der Waals surface area contributed by atoms with Crippen LogP contribution in [0.25, 0.3) is 0 Å². The lowest BCUT2D eigenvalue weighted by molar-refractivity contribution is -0.161. The Morgan fingerprint density at radius 2 is 1.92 bits per heavy atom. The lowest BCUT2D eigenvalue weighted by atomic mass is 9.67. The van der Waals surface area contributed by atoms with Gasteiger partial charge in [0.25, 0.3) is 0 Å². The normalized spacial score (nSPS) is 17.9. The number of methoxy groups -OCH3 is 1. The quantitative estimate of drug-likeness (QED) is 0.799. The SMILES string of the molecule is CCc1ccccc1NC(=O)CC1(C(OC)C(=O)O)CCCCC1. The average Bonchev–Trinajstić information content (AvgIpc) is 2.56. The second-order valence-electron chi connectivity index (χ2n) is 6.61. The molecule has 0 saturated heterocycles. The molecule has 0 aromatic heterocycles. The molecule has 24 heavy (non-hydrogen) atoms. The van der Waals surface area contributed by atoms with E-state index in [0.29, 0.717) is 12.8 Å². The van der Waals surface area contributed by atoms with Crippen LogP contribution in [-0.4, -0.2) is 30.2 Å². The maximum Gasteiger partial charge on any atom is 0.333 e. The number of carboxylic acid groups (broad SMARTS) is 1. The number of para-hydroxylation sites is 1. The maximum absolute atomic E-state index is 12.6. The van der Waals surface area contributed by atoms with Crippen LogP contribution in [0.3, 0.4) is 0 Å². The first-order valence-corrected chi connectivity index (χ1v) is 8.66. The molecule has 1 atom stereocenters. The van der Waals surface area contributed by atoms with Crippen LogP contribution in [0.15, 0.2) is 24.3 Å².